The van der Waals surface area contributed by atoms with Crippen LogP contribution in [-0.2, 0) is 6.54 Å². The molecule has 1 aromatic carbocycles. The molecule has 112 valence electrons. The molecule has 0 radical (unpaired) electrons. The quantitative estimate of drug-likeness (QED) is 0.843. The van der Waals surface area contributed by atoms with Crippen molar-refractivity contribution in [3.63, 3.8) is 0 Å². The van der Waals surface area contributed by atoms with Gasteiger partial charge in [-0.2, -0.15) is 15.0 Å². The smallest absolute Gasteiger partial charge is 0.322 e. The molecule has 2 rings (SSSR count). The largest absolute Gasteiger partial charge is 0.467 e. The molecule has 0 bridgehead atoms. The highest BCUT2D eigenvalue weighted by atomic mass is 16.5. The molecule has 1 aromatic heterocycles. The van der Waals surface area contributed by atoms with E-state index >= 15 is 0 Å². The number of methoxy groups -OCH3 is 1. The Morgan fingerprint density at radius 2 is 1.90 bits per heavy atom. The summed E-state index contributed by atoms with van der Waals surface area (Å²) in [6.45, 7) is 3.63. The molecular weight excluding hydrogens is 266 g/mol. The highest BCUT2D eigenvalue weighted by Crippen LogP contribution is 2.15. The first kappa shape index (κ1) is 15.0. The minimum absolute atomic E-state index is 0.318. The minimum atomic E-state index is 0.318. The molecule has 0 atom stereocenters. The molecule has 0 fully saturated rings. The Labute approximate surface area is 125 Å². The van der Waals surface area contributed by atoms with E-state index < -0.39 is 0 Å². The van der Waals surface area contributed by atoms with Gasteiger partial charge in [0.15, 0.2) is 0 Å². The summed E-state index contributed by atoms with van der Waals surface area (Å²) in [5.41, 5.74) is 1.20. The van der Waals surface area contributed by atoms with Crippen molar-refractivity contribution in [3.05, 3.63) is 35.9 Å². The normalized spacial score (nSPS) is 10.2. The van der Waals surface area contributed by atoms with Crippen molar-refractivity contribution in [1.29, 1.82) is 0 Å². The molecule has 0 aliphatic heterocycles. The van der Waals surface area contributed by atoms with Gasteiger partial charge in [0, 0.05) is 20.1 Å². The average Bonchev–Trinajstić information content (AvgIpc) is 2.53. The van der Waals surface area contributed by atoms with E-state index in [1.165, 1.54) is 5.56 Å². The fourth-order valence-electron chi connectivity index (χ4n) is 1.85. The number of aromatic nitrogens is 3. The minimum Gasteiger partial charge on any atom is -0.467 e. The van der Waals surface area contributed by atoms with Crippen molar-refractivity contribution < 1.29 is 4.74 Å². The molecule has 2 aromatic rings. The van der Waals surface area contributed by atoms with Gasteiger partial charge < -0.3 is 15.0 Å². The average molecular weight is 287 g/mol. The molecule has 0 saturated carbocycles. The number of benzene rings is 1. The van der Waals surface area contributed by atoms with Crippen LogP contribution in [0, 0.1) is 0 Å². The number of hydrogen-bond donors (Lipinski definition) is 1. The van der Waals surface area contributed by atoms with Crippen molar-refractivity contribution in [2.24, 2.45) is 0 Å². The van der Waals surface area contributed by atoms with Crippen molar-refractivity contribution in [2.45, 2.75) is 19.9 Å². The van der Waals surface area contributed by atoms with E-state index in [2.05, 4.69) is 39.3 Å². The van der Waals surface area contributed by atoms with Gasteiger partial charge in [-0.05, 0) is 12.0 Å². The maximum atomic E-state index is 5.15. The van der Waals surface area contributed by atoms with Crippen LogP contribution in [0.25, 0.3) is 0 Å². The summed E-state index contributed by atoms with van der Waals surface area (Å²) in [5, 5.41) is 3.16. The lowest BCUT2D eigenvalue weighted by atomic mass is 10.2. The van der Waals surface area contributed by atoms with Crippen molar-refractivity contribution >= 4 is 11.9 Å². The molecule has 0 aliphatic carbocycles. The van der Waals surface area contributed by atoms with Gasteiger partial charge in [-0.15, -0.1) is 0 Å². The van der Waals surface area contributed by atoms with Gasteiger partial charge in [0.25, 0.3) is 0 Å². The van der Waals surface area contributed by atoms with E-state index in [4.69, 9.17) is 4.74 Å². The van der Waals surface area contributed by atoms with Crippen LogP contribution in [0.2, 0.25) is 0 Å². The van der Waals surface area contributed by atoms with Crippen LogP contribution in [0.5, 0.6) is 6.01 Å². The van der Waals surface area contributed by atoms with E-state index in [0.29, 0.717) is 17.9 Å². The molecule has 6 heteroatoms. The number of anilines is 2. The van der Waals surface area contributed by atoms with E-state index in [9.17, 15) is 0 Å². The van der Waals surface area contributed by atoms with Gasteiger partial charge in [-0.3, -0.25) is 0 Å². The number of ether oxygens (including phenoxy) is 1. The summed E-state index contributed by atoms with van der Waals surface area (Å²) >= 11 is 0. The Bertz CT molecular complexity index is 561. The summed E-state index contributed by atoms with van der Waals surface area (Å²) in [7, 11) is 3.51. The van der Waals surface area contributed by atoms with E-state index in [-0.39, 0.29) is 0 Å². The first-order chi connectivity index (χ1) is 10.2. The van der Waals surface area contributed by atoms with Crippen LogP contribution in [-0.4, -0.2) is 35.7 Å². The molecule has 1 N–H and O–H groups in total. The predicted molar refractivity (Wildman–Crippen MR) is 83.7 cm³/mol. The van der Waals surface area contributed by atoms with Gasteiger partial charge >= 0.3 is 6.01 Å². The lowest BCUT2D eigenvalue weighted by Gasteiger charge is -2.18. The van der Waals surface area contributed by atoms with Gasteiger partial charge in [0.2, 0.25) is 11.9 Å². The van der Waals surface area contributed by atoms with E-state index in [1.807, 2.05) is 30.1 Å². The highest BCUT2D eigenvalue weighted by Gasteiger charge is 2.11. The van der Waals surface area contributed by atoms with Gasteiger partial charge in [0.05, 0.1) is 7.11 Å². The van der Waals surface area contributed by atoms with Crippen molar-refractivity contribution in [1.82, 2.24) is 15.0 Å². The molecular formula is C15H21N5O. The molecule has 6 nitrogen and oxygen atoms in total. The maximum Gasteiger partial charge on any atom is 0.322 e. The van der Waals surface area contributed by atoms with E-state index in [0.717, 1.165) is 19.5 Å². The second kappa shape index (κ2) is 7.42. The highest BCUT2D eigenvalue weighted by molar-refractivity contribution is 5.38. The predicted octanol–water partition coefficient (Wildman–Crippen LogP) is 2.34. The molecule has 0 unspecified atom stereocenters. The fraction of sp³-hybridized carbons (Fsp3) is 0.400. The monoisotopic (exact) mass is 287 g/mol. The van der Waals surface area contributed by atoms with Gasteiger partial charge in [0.1, 0.15) is 0 Å². The lowest BCUT2D eigenvalue weighted by Crippen LogP contribution is -2.20. The molecule has 0 spiro atoms. The van der Waals surface area contributed by atoms with Crippen LogP contribution < -0.4 is 15.0 Å². The van der Waals surface area contributed by atoms with Crippen LogP contribution in [0.4, 0.5) is 11.9 Å². The summed E-state index contributed by atoms with van der Waals surface area (Å²) in [5.74, 6) is 1.13. The maximum absolute atomic E-state index is 5.15. The Morgan fingerprint density at radius 3 is 2.57 bits per heavy atom. The Balaban J connectivity index is 2.16. The fourth-order valence-corrected chi connectivity index (χ4v) is 1.85. The van der Waals surface area contributed by atoms with E-state index in [1.54, 1.807) is 7.11 Å². The number of nitrogens with zero attached hydrogens (tertiary/aromatic N) is 4. The van der Waals surface area contributed by atoms with Gasteiger partial charge in [-0.1, -0.05) is 37.3 Å². The number of hydrogen-bond acceptors (Lipinski definition) is 6. The molecule has 0 saturated heterocycles. The molecule has 0 amide bonds. The third-order valence-electron chi connectivity index (χ3n) is 2.92. The first-order valence-electron chi connectivity index (χ1n) is 7.02. The summed E-state index contributed by atoms with van der Waals surface area (Å²) < 4.78 is 5.15. The van der Waals surface area contributed by atoms with Crippen LogP contribution in [0.3, 0.4) is 0 Å². The Kier molecular flexibility index (Phi) is 5.31. The second-order valence-electron chi connectivity index (χ2n) is 4.71. The topological polar surface area (TPSA) is 63.2 Å². The molecule has 1 heterocycles. The zero-order valence-corrected chi connectivity index (χ0v) is 12.7. The zero-order chi connectivity index (χ0) is 15.1. The standard InChI is InChI=1S/C15H21N5O/c1-4-10-16-13-17-14(19-15(18-13)21-3)20(2)11-12-8-6-5-7-9-12/h5-9H,4,10-11H2,1-3H3,(H,16,17,18,19). The van der Waals surface area contributed by atoms with Gasteiger partial charge in [-0.25, -0.2) is 0 Å². The van der Waals surface area contributed by atoms with Crippen LogP contribution in [0.1, 0.15) is 18.9 Å². The second-order valence-corrected chi connectivity index (χ2v) is 4.71. The van der Waals surface area contributed by atoms with Crippen molar-refractivity contribution in [2.75, 3.05) is 30.9 Å². The zero-order valence-electron chi connectivity index (χ0n) is 12.7. The number of rotatable bonds is 7. The van der Waals surface area contributed by atoms with Crippen LogP contribution >= 0.6 is 0 Å². The third-order valence-corrected chi connectivity index (χ3v) is 2.92. The van der Waals surface area contributed by atoms with Crippen LogP contribution in [0.15, 0.2) is 30.3 Å². The summed E-state index contributed by atoms with van der Waals surface area (Å²) in [6.07, 6.45) is 1.00. The lowest BCUT2D eigenvalue weighted by molar-refractivity contribution is 0.379. The Morgan fingerprint density at radius 1 is 1.14 bits per heavy atom. The third kappa shape index (κ3) is 4.30. The summed E-state index contributed by atoms with van der Waals surface area (Å²) in [4.78, 5) is 14.9. The summed E-state index contributed by atoms with van der Waals surface area (Å²) in [6, 6.07) is 10.5. The Hall–Kier alpha value is -2.37. The molecule has 21 heavy (non-hydrogen) atoms. The first-order valence-corrected chi connectivity index (χ1v) is 7.02. The van der Waals surface area contributed by atoms with Crippen molar-refractivity contribution in [3.8, 4) is 6.01 Å². The molecule has 0 aliphatic rings. The number of nitrogens with one attached hydrogen (secondary N) is 1. The SMILES string of the molecule is CCCNc1nc(OC)nc(N(C)Cc2ccccc2)n1.